The summed E-state index contributed by atoms with van der Waals surface area (Å²) in [7, 11) is 0. The third-order valence-electron chi connectivity index (χ3n) is 3.22. The summed E-state index contributed by atoms with van der Waals surface area (Å²) in [5.74, 6) is -0.0590. The fourth-order valence-corrected chi connectivity index (χ4v) is 1.93. The van der Waals surface area contributed by atoms with Crippen LogP contribution < -0.4 is 5.32 Å². The van der Waals surface area contributed by atoms with Crippen molar-refractivity contribution in [2.75, 3.05) is 39.5 Å². The van der Waals surface area contributed by atoms with E-state index < -0.39 is 0 Å². The summed E-state index contributed by atoms with van der Waals surface area (Å²) >= 11 is 0. The predicted octanol–water partition coefficient (Wildman–Crippen LogP) is 1.03. The fourth-order valence-electron chi connectivity index (χ4n) is 1.93. The van der Waals surface area contributed by atoms with Crippen molar-refractivity contribution in [2.45, 2.75) is 45.8 Å². The third-order valence-corrected chi connectivity index (χ3v) is 3.22. The average molecular weight is 272 g/mol. The second kappa shape index (κ2) is 6.68. The number of ether oxygens (including phenoxy) is 2. The summed E-state index contributed by atoms with van der Waals surface area (Å²) in [5.41, 5.74) is -0.335. The number of amides is 1. The van der Waals surface area contributed by atoms with Gasteiger partial charge in [0.1, 0.15) is 6.61 Å². The Balaban J connectivity index is 2.31. The van der Waals surface area contributed by atoms with Crippen LogP contribution >= 0.6 is 0 Å². The van der Waals surface area contributed by atoms with Gasteiger partial charge in [-0.2, -0.15) is 0 Å². The van der Waals surface area contributed by atoms with E-state index in [1.54, 1.807) is 0 Å². The van der Waals surface area contributed by atoms with Gasteiger partial charge in [0.25, 0.3) is 0 Å². The van der Waals surface area contributed by atoms with Crippen molar-refractivity contribution in [3.8, 4) is 0 Å². The molecule has 0 aromatic rings. The minimum Gasteiger partial charge on any atom is -0.379 e. The van der Waals surface area contributed by atoms with Gasteiger partial charge in [0.05, 0.1) is 18.8 Å². The lowest BCUT2D eigenvalue weighted by Crippen LogP contribution is -2.55. The van der Waals surface area contributed by atoms with E-state index in [0.717, 1.165) is 26.3 Å². The van der Waals surface area contributed by atoms with Crippen molar-refractivity contribution in [3.63, 3.8) is 0 Å². The van der Waals surface area contributed by atoms with Crippen LogP contribution in [0.5, 0.6) is 0 Å². The molecule has 1 heterocycles. The second-order valence-corrected chi connectivity index (χ2v) is 6.59. The highest BCUT2D eigenvalue weighted by atomic mass is 16.5. The molecule has 112 valence electrons. The molecular formula is C14H28N2O3. The van der Waals surface area contributed by atoms with E-state index in [1.807, 2.05) is 20.8 Å². The lowest BCUT2D eigenvalue weighted by Gasteiger charge is -2.40. The molecule has 0 spiro atoms. The fraction of sp³-hybridized carbons (Fsp3) is 0.929. The molecule has 1 saturated heterocycles. The van der Waals surface area contributed by atoms with E-state index in [0.29, 0.717) is 6.54 Å². The number of hydrogen-bond acceptors (Lipinski definition) is 4. The number of hydrogen-bond donors (Lipinski definition) is 1. The van der Waals surface area contributed by atoms with E-state index in [4.69, 9.17) is 9.47 Å². The van der Waals surface area contributed by atoms with Crippen LogP contribution in [-0.2, 0) is 14.3 Å². The smallest absolute Gasteiger partial charge is 0.246 e. The Kier molecular flexibility index (Phi) is 5.77. The molecule has 1 aliphatic rings. The zero-order valence-corrected chi connectivity index (χ0v) is 12.9. The molecule has 0 unspecified atom stereocenters. The zero-order valence-electron chi connectivity index (χ0n) is 12.9. The minimum atomic E-state index is -0.281. The van der Waals surface area contributed by atoms with E-state index in [-0.39, 0.29) is 23.7 Å². The minimum absolute atomic E-state index is 0.0544. The third kappa shape index (κ3) is 6.36. The second-order valence-electron chi connectivity index (χ2n) is 6.59. The molecule has 0 aromatic heterocycles. The lowest BCUT2D eigenvalue weighted by molar-refractivity contribution is -0.131. The Morgan fingerprint density at radius 1 is 1.21 bits per heavy atom. The van der Waals surface area contributed by atoms with Crippen molar-refractivity contribution in [2.24, 2.45) is 0 Å². The van der Waals surface area contributed by atoms with E-state index >= 15 is 0 Å². The first-order chi connectivity index (χ1) is 8.71. The standard InChI is InChI=1S/C14H28N2O3/c1-13(2,3)19-10-12(17)15-11-14(4,5)16-6-8-18-9-7-16/h6-11H2,1-5H3,(H,15,17). The SMILES string of the molecule is CC(C)(C)OCC(=O)NCC(C)(C)N1CCOCC1. The quantitative estimate of drug-likeness (QED) is 0.812. The van der Waals surface area contributed by atoms with Crippen molar-refractivity contribution in [1.29, 1.82) is 0 Å². The van der Waals surface area contributed by atoms with Gasteiger partial charge in [-0.25, -0.2) is 0 Å². The Labute approximate surface area is 116 Å². The van der Waals surface area contributed by atoms with Gasteiger partial charge in [0, 0.05) is 25.2 Å². The molecule has 5 nitrogen and oxygen atoms in total. The zero-order chi connectivity index (χ0) is 14.5. The number of morpholine rings is 1. The molecule has 5 heteroatoms. The number of carbonyl (C=O) groups excluding carboxylic acids is 1. The van der Waals surface area contributed by atoms with Gasteiger partial charge in [-0.05, 0) is 34.6 Å². The summed E-state index contributed by atoms with van der Waals surface area (Å²) < 4.78 is 10.8. The van der Waals surface area contributed by atoms with Gasteiger partial charge >= 0.3 is 0 Å². The van der Waals surface area contributed by atoms with Gasteiger partial charge < -0.3 is 14.8 Å². The van der Waals surface area contributed by atoms with Crippen molar-refractivity contribution in [1.82, 2.24) is 10.2 Å². The summed E-state index contributed by atoms with van der Waals surface area (Å²) in [5, 5.41) is 2.95. The Morgan fingerprint density at radius 2 is 1.79 bits per heavy atom. The van der Waals surface area contributed by atoms with Gasteiger partial charge in [-0.3, -0.25) is 9.69 Å². The van der Waals surface area contributed by atoms with Gasteiger partial charge in [-0.1, -0.05) is 0 Å². The van der Waals surface area contributed by atoms with Crippen LogP contribution in [0, 0.1) is 0 Å². The number of nitrogens with zero attached hydrogens (tertiary/aromatic N) is 1. The summed E-state index contributed by atoms with van der Waals surface area (Å²) in [6, 6.07) is 0. The van der Waals surface area contributed by atoms with Crippen LogP contribution in [0.4, 0.5) is 0 Å². The normalized spacial score (nSPS) is 18.4. The predicted molar refractivity (Wildman–Crippen MR) is 75.2 cm³/mol. The van der Waals surface area contributed by atoms with Gasteiger partial charge in [0.2, 0.25) is 5.91 Å². The highest BCUT2D eigenvalue weighted by Gasteiger charge is 2.28. The molecule has 0 atom stereocenters. The molecular weight excluding hydrogens is 244 g/mol. The monoisotopic (exact) mass is 272 g/mol. The molecule has 0 bridgehead atoms. The highest BCUT2D eigenvalue weighted by Crippen LogP contribution is 2.15. The molecule has 0 aliphatic carbocycles. The maximum absolute atomic E-state index is 11.7. The first-order valence-corrected chi connectivity index (χ1v) is 6.94. The van der Waals surface area contributed by atoms with E-state index in [1.165, 1.54) is 0 Å². The highest BCUT2D eigenvalue weighted by molar-refractivity contribution is 5.77. The molecule has 0 saturated carbocycles. The lowest BCUT2D eigenvalue weighted by atomic mass is 10.0. The Hall–Kier alpha value is -0.650. The molecule has 1 N–H and O–H groups in total. The molecule has 0 aromatic carbocycles. The molecule has 19 heavy (non-hydrogen) atoms. The maximum atomic E-state index is 11.7. The van der Waals surface area contributed by atoms with Gasteiger partial charge in [-0.15, -0.1) is 0 Å². The molecule has 1 fully saturated rings. The van der Waals surface area contributed by atoms with Crippen LogP contribution in [0.15, 0.2) is 0 Å². The first-order valence-electron chi connectivity index (χ1n) is 6.94. The van der Waals surface area contributed by atoms with Crippen LogP contribution in [0.1, 0.15) is 34.6 Å². The van der Waals surface area contributed by atoms with E-state index in [2.05, 4.69) is 24.1 Å². The van der Waals surface area contributed by atoms with Crippen LogP contribution in [0.25, 0.3) is 0 Å². The Bertz CT molecular complexity index is 292. The van der Waals surface area contributed by atoms with Crippen LogP contribution in [-0.4, -0.2) is 61.4 Å². The van der Waals surface area contributed by atoms with Crippen LogP contribution in [0.2, 0.25) is 0 Å². The summed E-state index contributed by atoms with van der Waals surface area (Å²) in [4.78, 5) is 14.1. The number of carbonyl (C=O) groups is 1. The van der Waals surface area contributed by atoms with Crippen molar-refractivity contribution >= 4 is 5.91 Å². The molecule has 0 radical (unpaired) electrons. The van der Waals surface area contributed by atoms with Gasteiger partial charge in [0.15, 0.2) is 0 Å². The van der Waals surface area contributed by atoms with Crippen molar-refractivity contribution in [3.05, 3.63) is 0 Å². The molecule has 1 rings (SSSR count). The average Bonchev–Trinajstić information content (AvgIpc) is 2.34. The molecule has 1 aliphatic heterocycles. The van der Waals surface area contributed by atoms with Crippen molar-refractivity contribution < 1.29 is 14.3 Å². The first kappa shape index (κ1) is 16.4. The summed E-state index contributed by atoms with van der Waals surface area (Å²) in [6.07, 6.45) is 0. The topological polar surface area (TPSA) is 50.8 Å². The summed E-state index contributed by atoms with van der Waals surface area (Å²) in [6.45, 7) is 14.2. The number of nitrogens with one attached hydrogen (secondary N) is 1. The van der Waals surface area contributed by atoms with Crippen LogP contribution in [0.3, 0.4) is 0 Å². The van der Waals surface area contributed by atoms with E-state index in [9.17, 15) is 4.79 Å². The number of rotatable bonds is 5. The molecule has 1 amide bonds. The Morgan fingerprint density at radius 3 is 2.32 bits per heavy atom. The largest absolute Gasteiger partial charge is 0.379 e. The maximum Gasteiger partial charge on any atom is 0.246 e.